The normalized spacial score (nSPS) is 11.0. The lowest BCUT2D eigenvalue weighted by Gasteiger charge is -2.06. The van der Waals surface area contributed by atoms with Gasteiger partial charge < -0.3 is 5.32 Å². The number of carbonyl (C=O) groups is 1. The molecule has 26 heavy (non-hydrogen) atoms. The van der Waals surface area contributed by atoms with Gasteiger partial charge in [0.1, 0.15) is 0 Å². The fourth-order valence-corrected chi connectivity index (χ4v) is 3.40. The predicted molar refractivity (Wildman–Crippen MR) is 102 cm³/mol. The SMILES string of the molecule is Cc1nc(CNC(=O)c2cnn(-c3ccc4ccccc4n3)c2C)cs1. The summed E-state index contributed by atoms with van der Waals surface area (Å²) in [5, 5.41) is 11.3. The molecule has 3 heterocycles. The summed E-state index contributed by atoms with van der Waals surface area (Å²) in [6, 6.07) is 11.8. The van der Waals surface area contributed by atoms with Gasteiger partial charge in [0.2, 0.25) is 0 Å². The van der Waals surface area contributed by atoms with Crippen LogP contribution in [-0.2, 0) is 6.54 Å². The Labute approximate surface area is 154 Å². The average molecular weight is 363 g/mol. The van der Waals surface area contributed by atoms with Gasteiger partial charge in [-0.1, -0.05) is 18.2 Å². The number of pyridine rings is 1. The monoisotopic (exact) mass is 363 g/mol. The van der Waals surface area contributed by atoms with Crippen LogP contribution in [0.5, 0.6) is 0 Å². The summed E-state index contributed by atoms with van der Waals surface area (Å²) in [7, 11) is 0. The number of para-hydroxylation sites is 1. The van der Waals surface area contributed by atoms with E-state index in [-0.39, 0.29) is 5.91 Å². The second-order valence-electron chi connectivity index (χ2n) is 5.96. The molecule has 0 bridgehead atoms. The number of hydrogen-bond donors (Lipinski definition) is 1. The lowest BCUT2D eigenvalue weighted by Crippen LogP contribution is -2.23. The van der Waals surface area contributed by atoms with Crippen molar-refractivity contribution in [2.45, 2.75) is 20.4 Å². The molecule has 0 aliphatic rings. The zero-order valence-electron chi connectivity index (χ0n) is 14.4. The summed E-state index contributed by atoms with van der Waals surface area (Å²) in [5.41, 5.74) is 3.04. The second kappa shape index (κ2) is 6.68. The number of aryl methyl sites for hydroxylation is 1. The first-order valence-electron chi connectivity index (χ1n) is 8.22. The van der Waals surface area contributed by atoms with Crippen molar-refractivity contribution in [3.05, 3.63) is 69.9 Å². The molecular formula is C19H17N5OS. The number of aromatic nitrogens is 4. The molecule has 0 radical (unpaired) electrons. The van der Waals surface area contributed by atoms with Gasteiger partial charge in [-0.05, 0) is 32.0 Å². The number of nitrogens with one attached hydrogen (secondary N) is 1. The fraction of sp³-hybridized carbons (Fsp3) is 0.158. The van der Waals surface area contributed by atoms with Crippen molar-refractivity contribution >= 4 is 28.1 Å². The van der Waals surface area contributed by atoms with E-state index in [0.717, 1.165) is 27.3 Å². The third-order valence-corrected chi connectivity index (χ3v) is 4.97. The second-order valence-corrected chi connectivity index (χ2v) is 7.02. The Morgan fingerprint density at radius 1 is 1.15 bits per heavy atom. The summed E-state index contributed by atoms with van der Waals surface area (Å²) in [6.45, 7) is 4.22. The topological polar surface area (TPSA) is 72.7 Å². The number of hydrogen-bond acceptors (Lipinski definition) is 5. The van der Waals surface area contributed by atoms with E-state index >= 15 is 0 Å². The molecule has 0 saturated carbocycles. The van der Waals surface area contributed by atoms with Crippen molar-refractivity contribution in [2.24, 2.45) is 0 Å². The van der Waals surface area contributed by atoms with Gasteiger partial charge in [-0.25, -0.2) is 14.6 Å². The van der Waals surface area contributed by atoms with E-state index in [9.17, 15) is 4.79 Å². The molecule has 1 N–H and O–H groups in total. The third kappa shape index (κ3) is 3.09. The van der Waals surface area contributed by atoms with Crippen molar-refractivity contribution in [3.8, 4) is 5.82 Å². The van der Waals surface area contributed by atoms with Crippen molar-refractivity contribution in [1.82, 2.24) is 25.1 Å². The van der Waals surface area contributed by atoms with Crippen molar-refractivity contribution in [1.29, 1.82) is 0 Å². The highest BCUT2D eigenvalue weighted by Gasteiger charge is 2.16. The van der Waals surface area contributed by atoms with Crippen molar-refractivity contribution < 1.29 is 4.79 Å². The summed E-state index contributed by atoms with van der Waals surface area (Å²) in [4.78, 5) is 21.5. The van der Waals surface area contributed by atoms with Crippen LogP contribution in [0.1, 0.15) is 26.8 Å². The summed E-state index contributed by atoms with van der Waals surface area (Å²) in [6.07, 6.45) is 1.58. The first-order valence-corrected chi connectivity index (χ1v) is 9.10. The number of rotatable bonds is 4. The van der Waals surface area contributed by atoms with Crippen LogP contribution in [0, 0.1) is 13.8 Å². The number of nitrogens with zero attached hydrogens (tertiary/aromatic N) is 4. The number of benzene rings is 1. The van der Waals surface area contributed by atoms with E-state index in [0.29, 0.717) is 17.9 Å². The van der Waals surface area contributed by atoms with Gasteiger partial charge in [-0.2, -0.15) is 5.10 Å². The smallest absolute Gasteiger partial charge is 0.255 e. The maximum Gasteiger partial charge on any atom is 0.255 e. The first kappa shape index (κ1) is 16.4. The number of fused-ring (bicyclic) bond motifs is 1. The molecule has 4 aromatic rings. The lowest BCUT2D eigenvalue weighted by atomic mass is 10.2. The molecule has 1 amide bonds. The Balaban J connectivity index is 1.57. The number of carbonyl (C=O) groups excluding carboxylic acids is 1. The minimum atomic E-state index is -0.166. The average Bonchev–Trinajstić information content (AvgIpc) is 3.25. The zero-order chi connectivity index (χ0) is 18.1. The molecule has 0 fully saturated rings. The Morgan fingerprint density at radius 3 is 2.81 bits per heavy atom. The van der Waals surface area contributed by atoms with Crippen LogP contribution in [-0.4, -0.2) is 25.7 Å². The minimum absolute atomic E-state index is 0.166. The molecule has 0 atom stereocenters. The number of amides is 1. The largest absolute Gasteiger partial charge is 0.346 e. The van der Waals surface area contributed by atoms with Gasteiger partial charge in [0.05, 0.1) is 40.2 Å². The minimum Gasteiger partial charge on any atom is -0.346 e. The van der Waals surface area contributed by atoms with Crippen molar-refractivity contribution in [3.63, 3.8) is 0 Å². The van der Waals surface area contributed by atoms with Crippen LogP contribution in [0.4, 0.5) is 0 Å². The highest BCUT2D eigenvalue weighted by atomic mass is 32.1. The van der Waals surface area contributed by atoms with Gasteiger partial charge in [-0.15, -0.1) is 11.3 Å². The number of thiazole rings is 1. The lowest BCUT2D eigenvalue weighted by molar-refractivity contribution is 0.0950. The molecule has 7 heteroatoms. The molecule has 4 rings (SSSR count). The van der Waals surface area contributed by atoms with Crippen LogP contribution in [0.25, 0.3) is 16.7 Å². The van der Waals surface area contributed by atoms with E-state index in [2.05, 4.69) is 20.4 Å². The van der Waals surface area contributed by atoms with Gasteiger partial charge in [0, 0.05) is 10.8 Å². The maximum atomic E-state index is 12.5. The van der Waals surface area contributed by atoms with Gasteiger partial charge >= 0.3 is 0 Å². The summed E-state index contributed by atoms with van der Waals surface area (Å²) < 4.78 is 1.69. The quantitative estimate of drug-likeness (QED) is 0.603. The molecule has 0 unspecified atom stereocenters. The zero-order valence-corrected chi connectivity index (χ0v) is 15.2. The molecule has 130 valence electrons. The molecular weight excluding hydrogens is 346 g/mol. The Bertz CT molecular complexity index is 1100. The van der Waals surface area contributed by atoms with Gasteiger partial charge in [0.25, 0.3) is 5.91 Å². The van der Waals surface area contributed by atoms with Gasteiger partial charge in [0.15, 0.2) is 5.82 Å². The fourth-order valence-electron chi connectivity index (χ4n) is 2.79. The van der Waals surface area contributed by atoms with Crippen molar-refractivity contribution in [2.75, 3.05) is 0 Å². The predicted octanol–water partition coefficient (Wildman–Crippen LogP) is 3.42. The molecule has 0 aliphatic heterocycles. The Morgan fingerprint density at radius 2 is 2.00 bits per heavy atom. The highest BCUT2D eigenvalue weighted by molar-refractivity contribution is 7.09. The third-order valence-electron chi connectivity index (χ3n) is 4.15. The first-order chi connectivity index (χ1) is 12.6. The van der Waals surface area contributed by atoms with Gasteiger partial charge in [-0.3, -0.25) is 4.79 Å². The van der Waals surface area contributed by atoms with E-state index in [1.807, 2.05) is 55.6 Å². The summed E-state index contributed by atoms with van der Waals surface area (Å²) >= 11 is 1.57. The maximum absolute atomic E-state index is 12.5. The van der Waals surface area contributed by atoms with Crippen LogP contribution < -0.4 is 5.32 Å². The Hall–Kier alpha value is -3.06. The molecule has 0 aliphatic carbocycles. The molecule has 0 spiro atoms. The molecule has 1 aromatic carbocycles. The van der Waals surface area contributed by atoms with E-state index in [1.54, 1.807) is 22.2 Å². The molecule has 6 nitrogen and oxygen atoms in total. The van der Waals surface area contributed by atoms with Crippen LogP contribution in [0.15, 0.2) is 48.0 Å². The Kier molecular flexibility index (Phi) is 4.22. The van der Waals surface area contributed by atoms with Crippen LogP contribution in [0.3, 0.4) is 0 Å². The summed E-state index contributed by atoms with van der Waals surface area (Å²) in [5.74, 6) is 0.524. The van der Waals surface area contributed by atoms with E-state index < -0.39 is 0 Å². The van der Waals surface area contributed by atoms with E-state index in [1.165, 1.54) is 0 Å². The van der Waals surface area contributed by atoms with Crippen LogP contribution in [0.2, 0.25) is 0 Å². The molecule has 3 aromatic heterocycles. The standard InChI is InChI=1S/C19H17N5OS/c1-12-16(19(25)20-9-15-11-26-13(2)22-15)10-21-24(12)18-8-7-14-5-3-4-6-17(14)23-18/h3-8,10-11H,9H2,1-2H3,(H,20,25). The molecule has 0 saturated heterocycles. The van der Waals surface area contributed by atoms with Crippen LogP contribution >= 0.6 is 11.3 Å². The highest BCUT2D eigenvalue weighted by Crippen LogP contribution is 2.17. The van der Waals surface area contributed by atoms with E-state index in [4.69, 9.17) is 0 Å².